The lowest BCUT2D eigenvalue weighted by Gasteiger charge is -2.12. The summed E-state index contributed by atoms with van der Waals surface area (Å²) in [5.74, 6) is -1.89. The standard InChI is InChI=1S/C32H23F4N7O3/c1-44-21-9-12-28(45-2)22(15-21)29-16-27(43-46-29)17-3-7-20(8-4-17)37-30-40-31(38-25-10-5-18(33)13-23(25)35)42-32(41-30)39-26-11-6-19(34)14-24(26)36/h3-16H,1-2H3,(H3,37,38,39,40,41,42). The molecule has 0 saturated carbocycles. The Kier molecular flexibility index (Phi) is 8.32. The first-order valence-corrected chi connectivity index (χ1v) is 13.5. The molecule has 3 N–H and O–H groups in total. The first-order chi connectivity index (χ1) is 22.3. The molecule has 0 saturated heterocycles. The van der Waals surface area contributed by atoms with Crippen molar-refractivity contribution in [2.24, 2.45) is 0 Å². The van der Waals surface area contributed by atoms with Crippen LogP contribution in [0, 0.1) is 23.3 Å². The molecule has 2 heterocycles. The molecule has 6 rings (SSSR count). The molecule has 0 bridgehead atoms. The molecule has 0 fully saturated rings. The first-order valence-electron chi connectivity index (χ1n) is 13.5. The highest BCUT2D eigenvalue weighted by Gasteiger charge is 2.16. The number of aromatic nitrogens is 4. The smallest absolute Gasteiger partial charge is 0.233 e. The van der Waals surface area contributed by atoms with Gasteiger partial charge in [-0.3, -0.25) is 0 Å². The van der Waals surface area contributed by atoms with Crippen LogP contribution in [0.5, 0.6) is 11.5 Å². The zero-order valence-corrected chi connectivity index (χ0v) is 24.1. The normalized spacial score (nSPS) is 10.8. The molecule has 46 heavy (non-hydrogen) atoms. The van der Waals surface area contributed by atoms with Crippen LogP contribution in [0.2, 0.25) is 0 Å². The molecule has 0 atom stereocenters. The molecule has 0 spiro atoms. The minimum absolute atomic E-state index is 0.00775. The monoisotopic (exact) mass is 629 g/mol. The highest BCUT2D eigenvalue weighted by atomic mass is 19.1. The molecule has 0 aliphatic heterocycles. The number of hydrogen-bond acceptors (Lipinski definition) is 10. The molecule has 14 heteroatoms. The molecular weight excluding hydrogens is 606 g/mol. The van der Waals surface area contributed by atoms with Gasteiger partial charge in [-0.15, -0.1) is 0 Å². The molecule has 0 aliphatic rings. The van der Waals surface area contributed by atoms with Crippen LogP contribution in [0.3, 0.4) is 0 Å². The Morgan fingerprint density at radius 1 is 0.609 bits per heavy atom. The van der Waals surface area contributed by atoms with Gasteiger partial charge in [-0.05, 0) is 54.6 Å². The number of ether oxygens (including phenoxy) is 2. The van der Waals surface area contributed by atoms with Crippen LogP contribution in [-0.2, 0) is 0 Å². The summed E-state index contributed by atoms with van der Waals surface area (Å²) in [6, 6.07) is 20.0. The molecule has 10 nitrogen and oxygen atoms in total. The van der Waals surface area contributed by atoms with Gasteiger partial charge in [0.1, 0.15) is 40.5 Å². The van der Waals surface area contributed by atoms with Crippen LogP contribution in [0.4, 0.5) is 52.5 Å². The van der Waals surface area contributed by atoms with Gasteiger partial charge in [0.15, 0.2) is 5.76 Å². The van der Waals surface area contributed by atoms with E-state index in [1.54, 1.807) is 62.8 Å². The predicted octanol–water partition coefficient (Wildman–Crippen LogP) is 8.00. The lowest BCUT2D eigenvalue weighted by molar-refractivity contribution is 0.398. The second kappa shape index (κ2) is 12.8. The fraction of sp³-hybridized carbons (Fsp3) is 0.0625. The molecule has 6 aromatic rings. The average molecular weight is 630 g/mol. The third-order valence-corrected chi connectivity index (χ3v) is 6.61. The Bertz CT molecular complexity index is 1950. The van der Waals surface area contributed by atoms with Gasteiger partial charge in [0.25, 0.3) is 0 Å². The van der Waals surface area contributed by atoms with Gasteiger partial charge < -0.3 is 29.9 Å². The highest BCUT2D eigenvalue weighted by molar-refractivity contribution is 5.73. The van der Waals surface area contributed by atoms with E-state index in [0.29, 0.717) is 46.3 Å². The van der Waals surface area contributed by atoms with Crippen molar-refractivity contribution in [3.8, 4) is 34.1 Å². The maximum Gasteiger partial charge on any atom is 0.233 e. The SMILES string of the molecule is COc1ccc(OC)c(-c2cc(-c3ccc(Nc4nc(Nc5ccc(F)cc5F)nc(Nc5ccc(F)cc5F)n4)cc3)no2)c1. The summed E-state index contributed by atoms with van der Waals surface area (Å²) in [5.41, 5.74) is 2.30. The lowest BCUT2D eigenvalue weighted by Crippen LogP contribution is -2.08. The van der Waals surface area contributed by atoms with Gasteiger partial charge in [0.2, 0.25) is 17.8 Å². The predicted molar refractivity (Wildman–Crippen MR) is 163 cm³/mol. The van der Waals surface area contributed by atoms with E-state index < -0.39 is 23.3 Å². The van der Waals surface area contributed by atoms with Crippen LogP contribution in [0.25, 0.3) is 22.6 Å². The average Bonchev–Trinajstić information content (AvgIpc) is 3.54. The minimum Gasteiger partial charge on any atom is -0.497 e. The quantitative estimate of drug-likeness (QED) is 0.129. The number of nitrogens with zero attached hydrogens (tertiary/aromatic N) is 4. The third kappa shape index (κ3) is 6.65. The van der Waals surface area contributed by atoms with Crippen LogP contribution < -0.4 is 25.4 Å². The summed E-state index contributed by atoms with van der Waals surface area (Å²) in [5, 5.41) is 12.5. The molecule has 0 unspecified atom stereocenters. The fourth-order valence-corrected chi connectivity index (χ4v) is 4.36. The van der Waals surface area contributed by atoms with E-state index in [1.165, 1.54) is 12.1 Å². The van der Waals surface area contributed by atoms with Gasteiger partial charge in [-0.25, -0.2) is 17.6 Å². The largest absolute Gasteiger partial charge is 0.497 e. The zero-order chi connectivity index (χ0) is 32.2. The van der Waals surface area contributed by atoms with E-state index in [0.717, 1.165) is 17.7 Å². The van der Waals surface area contributed by atoms with E-state index in [9.17, 15) is 17.6 Å². The number of halogens is 4. The Balaban J connectivity index is 1.26. The third-order valence-electron chi connectivity index (χ3n) is 6.61. The summed E-state index contributed by atoms with van der Waals surface area (Å²) in [4.78, 5) is 12.7. The number of hydrogen-bond donors (Lipinski definition) is 3. The number of anilines is 6. The van der Waals surface area contributed by atoms with Crippen molar-refractivity contribution >= 4 is 34.9 Å². The second-order valence-electron chi connectivity index (χ2n) is 9.65. The molecule has 232 valence electrons. The molecule has 0 amide bonds. The van der Waals surface area contributed by atoms with Crippen LogP contribution in [0.1, 0.15) is 0 Å². The van der Waals surface area contributed by atoms with Gasteiger partial charge in [0.05, 0.1) is 31.2 Å². The first kappa shape index (κ1) is 29.9. The van der Waals surface area contributed by atoms with E-state index in [2.05, 4.69) is 36.1 Å². The van der Waals surface area contributed by atoms with E-state index in [4.69, 9.17) is 14.0 Å². The minimum atomic E-state index is -0.884. The van der Waals surface area contributed by atoms with Crippen molar-refractivity contribution in [1.29, 1.82) is 0 Å². The number of rotatable bonds is 10. The van der Waals surface area contributed by atoms with Crippen molar-refractivity contribution in [2.75, 3.05) is 30.2 Å². The Hall–Kier alpha value is -6.18. The molecule has 2 aromatic heterocycles. The summed E-state index contributed by atoms with van der Waals surface area (Å²) in [6.07, 6.45) is 0. The Labute approximate surface area is 259 Å². The van der Waals surface area contributed by atoms with Crippen molar-refractivity contribution < 1.29 is 31.6 Å². The van der Waals surface area contributed by atoms with Crippen LogP contribution >= 0.6 is 0 Å². The highest BCUT2D eigenvalue weighted by Crippen LogP contribution is 2.35. The Morgan fingerprint density at radius 2 is 1.20 bits per heavy atom. The van der Waals surface area contributed by atoms with E-state index in [1.807, 2.05) is 0 Å². The van der Waals surface area contributed by atoms with Crippen molar-refractivity contribution in [1.82, 2.24) is 20.1 Å². The summed E-state index contributed by atoms with van der Waals surface area (Å²) in [6.45, 7) is 0. The molecule has 4 aromatic carbocycles. The van der Waals surface area contributed by atoms with Crippen LogP contribution in [0.15, 0.2) is 89.5 Å². The molecule has 0 radical (unpaired) electrons. The second-order valence-corrected chi connectivity index (χ2v) is 9.65. The number of methoxy groups -OCH3 is 2. The van der Waals surface area contributed by atoms with Crippen LogP contribution in [-0.4, -0.2) is 34.3 Å². The van der Waals surface area contributed by atoms with Gasteiger partial charge >= 0.3 is 0 Å². The van der Waals surface area contributed by atoms with Crippen molar-refractivity contribution in [2.45, 2.75) is 0 Å². The number of benzene rings is 4. The van der Waals surface area contributed by atoms with Gasteiger partial charge in [-0.2, -0.15) is 15.0 Å². The summed E-state index contributed by atoms with van der Waals surface area (Å²) >= 11 is 0. The molecule has 0 aliphatic carbocycles. The summed E-state index contributed by atoms with van der Waals surface area (Å²) < 4.78 is 71.9. The number of nitrogens with one attached hydrogen (secondary N) is 3. The van der Waals surface area contributed by atoms with Gasteiger partial charge in [-0.1, -0.05) is 17.3 Å². The molecular formula is C32H23F4N7O3. The zero-order valence-electron chi connectivity index (χ0n) is 24.1. The topological polar surface area (TPSA) is 119 Å². The maximum atomic E-state index is 14.4. The van der Waals surface area contributed by atoms with Crippen molar-refractivity contribution in [3.05, 3.63) is 108 Å². The van der Waals surface area contributed by atoms with E-state index in [-0.39, 0.29) is 29.2 Å². The lowest BCUT2D eigenvalue weighted by atomic mass is 10.1. The van der Waals surface area contributed by atoms with Crippen molar-refractivity contribution in [3.63, 3.8) is 0 Å². The van der Waals surface area contributed by atoms with E-state index >= 15 is 0 Å². The fourth-order valence-electron chi connectivity index (χ4n) is 4.36. The maximum absolute atomic E-state index is 14.4. The van der Waals surface area contributed by atoms with Gasteiger partial charge in [0, 0.05) is 29.4 Å². The Morgan fingerprint density at radius 3 is 1.74 bits per heavy atom. The summed E-state index contributed by atoms with van der Waals surface area (Å²) in [7, 11) is 3.12.